The van der Waals surface area contributed by atoms with Gasteiger partial charge in [-0.15, -0.1) is 0 Å². The molecule has 0 fully saturated rings. The van der Waals surface area contributed by atoms with Gasteiger partial charge in [-0.05, 0) is 19.3 Å². The molecule has 0 spiro atoms. The summed E-state index contributed by atoms with van der Waals surface area (Å²) in [5.74, 6) is -3.96. The van der Waals surface area contributed by atoms with Gasteiger partial charge in [0.05, 0.1) is 0 Å². The SMILES string of the molecule is NC1CCCc2nc(COCC(F)(F)C(F)F)ncc21. The van der Waals surface area contributed by atoms with E-state index in [-0.39, 0.29) is 18.5 Å². The van der Waals surface area contributed by atoms with Crippen LogP contribution in [-0.4, -0.2) is 28.9 Å². The Balaban J connectivity index is 1.94. The number of rotatable bonds is 5. The minimum Gasteiger partial charge on any atom is -0.367 e. The first kappa shape index (κ1) is 15.1. The van der Waals surface area contributed by atoms with Crippen molar-refractivity contribution < 1.29 is 22.3 Å². The predicted molar refractivity (Wildman–Crippen MR) is 62.5 cm³/mol. The summed E-state index contributed by atoms with van der Waals surface area (Å²) >= 11 is 0. The van der Waals surface area contributed by atoms with E-state index < -0.39 is 19.0 Å². The fourth-order valence-electron chi connectivity index (χ4n) is 2.03. The van der Waals surface area contributed by atoms with Gasteiger partial charge in [0.1, 0.15) is 13.2 Å². The normalized spacial score (nSPS) is 19.2. The van der Waals surface area contributed by atoms with Crippen molar-refractivity contribution in [2.75, 3.05) is 6.61 Å². The van der Waals surface area contributed by atoms with E-state index in [2.05, 4.69) is 14.7 Å². The van der Waals surface area contributed by atoms with Crippen LogP contribution in [-0.2, 0) is 17.8 Å². The number of nitrogens with two attached hydrogens (primary N) is 1. The molecular weight excluding hydrogens is 278 g/mol. The van der Waals surface area contributed by atoms with Crippen LogP contribution in [0.4, 0.5) is 17.6 Å². The lowest BCUT2D eigenvalue weighted by molar-refractivity contribution is -0.168. The van der Waals surface area contributed by atoms with Gasteiger partial charge in [-0.25, -0.2) is 18.7 Å². The van der Waals surface area contributed by atoms with Crippen LogP contribution in [0.25, 0.3) is 0 Å². The summed E-state index contributed by atoms with van der Waals surface area (Å²) in [5, 5.41) is 0. The molecule has 4 nitrogen and oxygen atoms in total. The number of fused-ring (bicyclic) bond motifs is 1. The van der Waals surface area contributed by atoms with E-state index in [4.69, 9.17) is 5.73 Å². The summed E-state index contributed by atoms with van der Waals surface area (Å²) in [7, 11) is 0. The average molecular weight is 293 g/mol. The summed E-state index contributed by atoms with van der Waals surface area (Å²) in [5.41, 5.74) is 7.51. The van der Waals surface area contributed by atoms with Crippen molar-refractivity contribution in [3.63, 3.8) is 0 Å². The molecule has 1 aromatic heterocycles. The molecule has 1 aliphatic rings. The van der Waals surface area contributed by atoms with Crippen molar-refractivity contribution >= 4 is 0 Å². The Hall–Kier alpha value is -1.28. The highest BCUT2D eigenvalue weighted by Crippen LogP contribution is 2.26. The maximum atomic E-state index is 12.6. The highest BCUT2D eigenvalue weighted by Gasteiger charge is 2.41. The number of alkyl halides is 4. The topological polar surface area (TPSA) is 61.0 Å². The molecule has 1 unspecified atom stereocenters. The summed E-state index contributed by atoms with van der Waals surface area (Å²) in [6.07, 6.45) is 0.300. The van der Waals surface area contributed by atoms with Crippen molar-refractivity contribution in [2.24, 2.45) is 5.73 Å². The fraction of sp³-hybridized carbons (Fsp3) is 0.667. The Labute approximate surface area is 113 Å². The molecule has 0 amide bonds. The first-order valence-electron chi connectivity index (χ1n) is 6.24. The molecule has 1 heterocycles. The van der Waals surface area contributed by atoms with E-state index in [0.717, 1.165) is 30.5 Å². The molecule has 0 aliphatic heterocycles. The second-order valence-corrected chi connectivity index (χ2v) is 4.74. The lowest BCUT2D eigenvalue weighted by Gasteiger charge is -2.21. The van der Waals surface area contributed by atoms with Gasteiger partial charge in [0.15, 0.2) is 5.82 Å². The highest BCUT2D eigenvalue weighted by molar-refractivity contribution is 5.23. The van der Waals surface area contributed by atoms with E-state index >= 15 is 0 Å². The quantitative estimate of drug-likeness (QED) is 0.846. The van der Waals surface area contributed by atoms with E-state index in [1.165, 1.54) is 0 Å². The maximum Gasteiger partial charge on any atom is 0.330 e. The molecule has 1 aliphatic carbocycles. The standard InChI is InChI=1S/C12H15F4N3O/c13-11(14)12(15,16)6-20-5-10-18-4-7-8(17)2-1-3-9(7)19-10/h4,8,11H,1-3,5-6,17H2. The van der Waals surface area contributed by atoms with Gasteiger partial charge in [0, 0.05) is 23.5 Å². The lowest BCUT2D eigenvalue weighted by atomic mass is 9.93. The number of hydrogen-bond donors (Lipinski definition) is 1. The first-order valence-corrected chi connectivity index (χ1v) is 6.24. The second-order valence-electron chi connectivity index (χ2n) is 4.74. The summed E-state index contributed by atoms with van der Waals surface area (Å²) in [6, 6.07) is -0.114. The van der Waals surface area contributed by atoms with Gasteiger partial charge >= 0.3 is 12.3 Å². The van der Waals surface area contributed by atoms with Crippen LogP contribution in [0.2, 0.25) is 0 Å². The average Bonchev–Trinajstić information content (AvgIpc) is 2.38. The molecule has 0 aromatic carbocycles. The van der Waals surface area contributed by atoms with Crippen LogP contribution < -0.4 is 5.73 Å². The lowest BCUT2D eigenvalue weighted by Crippen LogP contribution is -2.32. The third kappa shape index (κ3) is 3.43. The Kier molecular flexibility index (Phi) is 4.54. The number of ether oxygens (including phenoxy) is 1. The van der Waals surface area contributed by atoms with Gasteiger partial charge in [-0.1, -0.05) is 0 Å². The zero-order valence-electron chi connectivity index (χ0n) is 10.7. The number of hydrogen-bond acceptors (Lipinski definition) is 4. The Bertz CT molecular complexity index is 470. The van der Waals surface area contributed by atoms with Crippen LogP contribution in [0, 0.1) is 0 Å². The maximum absolute atomic E-state index is 12.6. The van der Waals surface area contributed by atoms with Crippen LogP contribution in [0.15, 0.2) is 6.20 Å². The zero-order chi connectivity index (χ0) is 14.8. The third-order valence-electron chi connectivity index (χ3n) is 3.12. The first-order chi connectivity index (χ1) is 9.40. The van der Waals surface area contributed by atoms with Crippen molar-refractivity contribution in [1.29, 1.82) is 0 Å². The fourth-order valence-corrected chi connectivity index (χ4v) is 2.03. The van der Waals surface area contributed by atoms with Crippen molar-refractivity contribution in [1.82, 2.24) is 9.97 Å². The number of aryl methyl sites for hydroxylation is 1. The van der Waals surface area contributed by atoms with Crippen molar-refractivity contribution in [3.8, 4) is 0 Å². The minimum atomic E-state index is -4.16. The van der Waals surface area contributed by atoms with Gasteiger partial charge in [0.25, 0.3) is 0 Å². The van der Waals surface area contributed by atoms with Gasteiger partial charge in [-0.2, -0.15) is 8.78 Å². The number of nitrogens with zero attached hydrogens (tertiary/aromatic N) is 2. The number of halogens is 4. The Morgan fingerprint density at radius 2 is 2.20 bits per heavy atom. The molecule has 20 heavy (non-hydrogen) atoms. The predicted octanol–water partition coefficient (Wildman–Crippen LogP) is 2.23. The van der Waals surface area contributed by atoms with Gasteiger partial charge in [-0.3, -0.25) is 0 Å². The van der Waals surface area contributed by atoms with Crippen LogP contribution >= 0.6 is 0 Å². The minimum absolute atomic E-state index is 0.114. The largest absolute Gasteiger partial charge is 0.367 e. The van der Waals surface area contributed by atoms with Crippen LogP contribution in [0.5, 0.6) is 0 Å². The molecule has 0 saturated heterocycles. The highest BCUT2D eigenvalue weighted by atomic mass is 19.3. The van der Waals surface area contributed by atoms with E-state index in [1.54, 1.807) is 6.20 Å². The Morgan fingerprint density at radius 1 is 1.45 bits per heavy atom. The molecule has 0 bridgehead atoms. The molecule has 2 rings (SSSR count). The monoisotopic (exact) mass is 293 g/mol. The third-order valence-corrected chi connectivity index (χ3v) is 3.12. The second kappa shape index (κ2) is 6.01. The molecule has 1 atom stereocenters. The smallest absolute Gasteiger partial charge is 0.330 e. The van der Waals surface area contributed by atoms with Gasteiger partial charge in [0.2, 0.25) is 0 Å². The number of aromatic nitrogens is 2. The summed E-state index contributed by atoms with van der Waals surface area (Å²) in [6.45, 7) is -1.69. The van der Waals surface area contributed by atoms with E-state index in [1.807, 2.05) is 0 Å². The van der Waals surface area contributed by atoms with Crippen molar-refractivity contribution in [2.45, 2.75) is 44.3 Å². The molecule has 1 aromatic rings. The van der Waals surface area contributed by atoms with Crippen LogP contribution in [0.1, 0.15) is 36.0 Å². The molecular formula is C12H15F4N3O. The van der Waals surface area contributed by atoms with Gasteiger partial charge < -0.3 is 10.5 Å². The van der Waals surface area contributed by atoms with E-state index in [0.29, 0.717) is 0 Å². The molecule has 112 valence electrons. The molecule has 2 N–H and O–H groups in total. The molecule has 0 radical (unpaired) electrons. The van der Waals surface area contributed by atoms with Crippen molar-refractivity contribution in [3.05, 3.63) is 23.3 Å². The zero-order valence-corrected chi connectivity index (χ0v) is 10.7. The Morgan fingerprint density at radius 3 is 2.90 bits per heavy atom. The molecule has 0 saturated carbocycles. The molecule has 8 heteroatoms. The summed E-state index contributed by atoms with van der Waals surface area (Å²) < 4.78 is 53.7. The van der Waals surface area contributed by atoms with Crippen LogP contribution in [0.3, 0.4) is 0 Å². The summed E-state index contributed by atoms with van der Waals surface area (Å²) in [4.78, 5) is 8.14. The van der Waals surface area contributed by atoms with E-state index in [9.17, 15) is 17.6 Å².